The number of halogens is 2. The highest BCUT2D eigenvalue weighted by molar-refractivity contribution is 5.55. The van der Waals surface area contributed by atoms with E-state index >= 15 is 0 Å². The maximum Gasteiger partial charge on any atom is 0.182 e. The third-order valence-electron chi connectivity index (χ3n) is 2.15. The third kappa shape index (κ3) is 1.37. The molecule has 4 heteroatoms. The number of hydrogen-bond donors (Lipinski definition) is 2. The maximum absolute atomic E-state index is 13.1. The van der Waals surface area contributed by atoms with Crippen LogP contribution in [-0.2, 0) is 6.42 Å². The SMILES string of the molecule is OC1CNc2c(ccc(F)c2F)C1. The fourth-order valence-corrected chi connectivity index (χ4v) is 1.50. The quantitative estimate of drug-likeness (QED) is 0.638. The molecular formula is C9H9F2NO. The van der Waals surface area contributed by atoms with E-state index in [1.165, 1.54) is 6.07 Å². The molecule has 1 aliphatic heterocycles. The Bertz CT molecular complexity index is 341. The summed E-state index contributed by atoms with van der Waals surface area (Å²) < 4.78 is 25.8. The summed E-state index contributed by atoms with van der Waals surface area (Å²) in [7, 11) is 0. The molecule has 2 N–H and O–H groups in total. The number of aliphatic hydroxyl groups is 1. The molecule has 1 aromatic rings. The lowest BCUT2D eigenvalue weighted by molar-refractivity contribution is 0.184. The van der Waals surface area contributed by atoms with E-state index in [1.807, 2.05) is 0 Å². The number of aliphatic hydroxyl groups excluding tert-OH is 1. The van der Waals surface area contributed by atoms with Crippen molar-refractivity contribution < 1.29 is 13.9 Å². The van der Waals surface area contributed by atoms with Crippen LogP contribution in [0.25, 0.3) is 0 Å². The van der Waals surface area contributed by atoms with E-state index in [4.69, 9.17) is 0 Å². The molecule has 1 atom stereocenters. The highest BCUT2D eigenvalue weighted by Gasteiger charge is 2.20. The predicted octanol–water partition coefficient (Wildman–Crippen LogP) is 1.29. The first-order valence-electron chi connectivity index (χ1n) is 4.07. The molecule has 70 valence electrons. The number of benzene rings is 1. The van der Waals surface area contributed by atoms with Gasteiger partial charge in [-0.15, -0.1) is 0 Å². The van der Waals surface area contributed by atoms with Gasteiger partial charge in [-0.1, -0.05) is 6.07 Å². The molecule has 0 aromatic heterocycles. The Morgan fingerprint density at radius 3 is 2.92 bits per heavy atom. The minimum absolute atomic E-state index is 0.185. The van der Waals surface area contributed by atoms with Crippen molar-refractivity contribution in [1.82, 2.24) is 0 Å². The van der Waals surface area contributed by atoms with Gasteiger partial charge in [-0.05, 0) is 11.6 Å². The van der Waals surface area contributed by atoms with Gasteiger partial charge < -0.3 is 10.4 Å². The second-order valence-electron chi connectivity index (χ2n) is 3.13. The van der Waals surface area contributed by atoms with E-state index in [1.54, 1.807) is 0 Å². The van der Waals surface area contributed by atoms with Gasteiger partial charge in [0.25, 0.3) is 0 Å². The summed E-state index contributed by atoms with van der Waals surface area (Å²) >= 11 is 0. The fourth-order valence-electron chi connectivity index (χ4n) is 1.50. The summed E-state index contributed by atoms with van der Waals surface area (Å²) in [6.45, 7) is 0.271. The van der Waals surface area contributed by atoms with Gasteiger partial charge in [-0.25, -0.2) is 8.78 Å². The first-order valence-corrected chi connectivity index (χ1v) is 4.07. The predicted molar refractivity (Wildman–Crippen MR) is 44.6 cm³/mol. The summed E-state index contributed by atoms with van der Waals surface area (Å²) in [6, 6.07) is 2.57. The van der Waals surface area contributed by atoms with Gasteiger partial charge in [0, 0.05) is 13.0 Å². The van der Waals surface area contributed by atoms with Crippen molar-refractivity contribution in [2.45, 2.75) is 12.5 Å². The second kappa shape index (κ2) is 2.96. The van der Waals surface area contributed by atoms with Crippen molar-refractivity contribution in [3.05, 3.63) is 29.3 Å². The van der Waals surface area contributed by atoms with Gasteiger partial charge in [-0.2, -0.15) is 0 Å². The van der Waals surface area contributed by atoms with Crippen LogP contribution >= 0.6 is 0 Å². The number of nitrogens with one attached hydrogen (secondary N) is 1. The number of β-amino-alcohol motifs (C(OH)–C–C–N with tert-alkyl or cyclic N) is 1. The molecule has 0 aliphatic carbocycles. The van der Waals surface area contributed by atoms with E-state index in [0.717, 1.165) is 6.07 Å². The van der Waals surface area contributed by atoms with Crippen LogP contribution in [0.15, 0.2) is 12.1 Å². The zero-order valence-corrected chi connectivity index (χ0v) is 6.85. The van der Waals surface area contributed by atoms with Crippen LogP contribution in [0.5, 0.6) is 0 Å². The van der Waals surface area contributed by atoms with Gasteiger partial charge in [0.1, 0.15) is 0 Å². The normalized spacial score (nSPS) is 20.7. The van der Waals surface area contributed by atoms with E-state index in [0.29, 0.717) is 12.0 Å². The first-order chi connectivity index (χ1) is 6.18. The molecule has 1 aliphatic rings. The first kappa shape index (κ1) is 8.44. The monoisotopic (exact) mass is 185 g/mol. The maximum atomic E-state index is 13.1. The smallest absolute Gasteiger partial charge is 0.182 e. The minimum atomic E-state index is -0.859. The molecule has 0 fully saturated rings. The molecule has 1 heterocycles. The molecule has 2 nitrogen and oxygen atoms in total. The molecule has 0 saturated carbocycles. The summed E-state index contributed by atoms with van der Waals surface area (Å²) in [4.78, 5) is 0. The van der Waals surface area contributed by atoms with Crippen LogP contribution in [0.4, 0.5) is 14.5 Å². The Morgan fingerprint density at radius 1 is 1.38 bits per heavy atom. The zero-order chi connectivity index (χ0) is 9.42. The number of hydrogen-bond acceptors (Lipinski definition) is 2. The summed E-state index contributed by atoms with van der Waals surface area (Å²) in [5.41, 5.74) is 0.808. The van der Waals surface area contributed by atoms with Crippen molar-refractivity contribution in [3.63, 3.8) is 0 Å². The molecule has 0 saturated heterocycles. The Balaban J connectivity index is 2.47. The lowest BCUT2D eigenvalue weighted by Crippen LogP contribution is -2.28. The summed E-state index contributed by atoms with van der Waals surface area (Å²) in [6.07, 6.45) is -0.142. The third-order valence-corrected chi connectivity index (χ3v) is 2.15. The van der Waals surface area contributed by atoms with Crippen LogP contribution in [-0.4, -0.2) is 17.8 Å². The minimum Gasteiger partial charge on any atom is -0.391 e. The zero-order valence-electron chi connectivity index (χ0n) is 6.85. The highest BCUT2D eigenvalue weighted by atomic mass is 19.2. The van der Waals surface area contributed by atoms with Crippen LogP contribution in [0.3, 0.4) is 0 Å². The molecule has 2 rings (SSSR count). The highest BCUT2D eigenvalue weighted by Crippen LogP contribution is 2.26. The van der Waals surface area contributed by atoms with Crippen LogP contribution in [0.1, 0.15) is 5.56 Å². The molecule has 0 amide bonds. The standard InChI is InChI=1S/C9H9F2NO/c10-7-2-1-5-3-6(13)4-12-9(5)8(7)11/h1-2,6,12-13H,3-4H2. The molecule has 0 spiro atoms. The summed E-state index contributed by atoms with van der Waals surface area (Å²) in [5.74, 6) is -1.72. The molecule has 0 radical (unpaired) electrons. The average Bonchev–Trinajstić information content (AvgIpc) is 2.12. The Labute approximate surface area is 74.2 Å². The number of rotatable bonds is 0. The van der Waals surface area contributed by atoms with Crippen molar-refractivity contribution in [2.24, 2.45) is 0 Å². The van der Waals surface area contributed by atoms with Crippen molar-refractivity contribution in [1.29, 1.82) is 0 Å². The fraction of sp³-hybridized carbons (Fsp3) is 0.333. The van der Waals surface area contributed by atoms with Crippen molar-refractivity contribution in [3.8, 4) is 0 Å². The van der Waals surface area contributed by atoms with Crippen molar-refractivity contribution in [2.75, 3.05) is 11.9 Å². The molecular weight excluding hydrogens is 176 g/mol. The van der Waals surface area contributed by atoms with Gasteiger partial charge in [0.05, 0.1) is 11.8 Å². The molecule has 1 aromatic carbocycles. The van der Waals surface area contributed by atoms with Gasteiger partial charge in [-0.3, -0.25) is 0 Å². The second-order valence-corrected chi connectivity index (χ2v) is 3.13. The Hall–Kier alpha value is -1.16. The molecule has 13 heavy (non-hydrogen) atoms. The van der Waals surface area contributed by atoms with Gasteiger partial charge in [0.2, 0.25) is 0 Å². The lowest BCUT2D eigenvalue weighted by Gasteiger charge is -2.22. The van der Waals surface area contributed by atoms with Gasteiger partial charge in [0.15, 0.2) is 11.6 Å². The number of fused-ring (bicyclic) bond motifs is 1. The van der Waals surface area contributed by atoms with E-state index < -0.39 is 17.7 Å². The number of anilines is 1. The molecule has 1 unspecified atom stereocenters. The Kier molecular flexibility index (Phi) is 1.92. The topological polar surface area (TPSA) is 32.3 Å². The van der Waals surface area contributed by atoms with Gasteiger partial charge >= 0.3 is 0 Å². The Morgan fingerprint density at radius 2 is 2.15 bits per heavy atom. The van der Waals surface area contributed by atoms with E-state index in [2.05, 4.69) is 5.32 Å². The van der Waals surface area contributed by atoms with Crippen LogP contribution in [0, 0.1) is 11.6 Å². The van der Waals surface area contributed by atoms with Crippen LogP contribution in [0.2, 0.25) is 0 Å². The average molecular weight is 185 g/mol. The van der Waals surface area contributed by atoms with E-state index in [9.17, 15) is 13.9 Å². The van der Waals surface area contributed by atoms with E-state index in [-0.39, 0.29) is 12.2 Å². The van der Waals surface area contributed by atoms with Crippen molar-refractivity contribution >= 4 is 5.69 Å². The van der Waals surface area contributed by atoms with Crippen LogP contribution < -0.4 is 5.32 Å². The summed E-state index contributed by atoms with van der Waals surface area (Å²) in [5, 5.41) is 11.9. The lowest BCUT2D eigenvalue weighted by atomic mass is 10.0. The largest absolute Gasteiger partial charge is 0.391 e. The molecule has 0 bridgehead atoms.